The highest BCUT2D eigenvalue weighted by Crippen LogP contribution is 2.29. The fourth-order valence-electron chi connectivity index (χ4n) is 3.38. The topological polar surface area (TPSA) is 146 Å². The monoisotopic (exact) mass is 456 g/mol. The van der Waals surface area contributed by atoms with E-state index in [0.29, 0.717) is 23.1 Å². The van der Waals surface area contributed by atoms with E-state index in [-0.39, 0.29) is 16.8 Å². The largest absolute Gasteiger partial charge is 0.396 e. The maximum Gasteiger partial charge on any atom is 0.258 e. The molecule has 0 spiro atoms. The van der Waals surface area contributed by atoms with Gasteiger partial charge in [-0.25, -0.2) is 14.1 Å². The lowest BCUT2D eigenvalue weighted by Crippen LogP contribution is -2.16. The molecule has 4 aromatic rings. The molecule has 0 fully saturated rings. The second-order valence-electron chi connectivity index (χ2n) is 7.23. The van der Waals surface area contributed by atoms with Crippen LogP contribution in [0.5, 0.6) is 0 Å². The Bertz CT molecular complexity index is 1460. The fourth-order valence-corrected chi connectivity index (χ4v) is 3.38. The number of anilines is 4. The normalized spacial score (nSPS) is 11.3. The van der Waals surface area contributed by atoms with Crippen molar-refractivity contribution in [2.45, 2.75) is 6.92 Å². The Balaban J connectivity index is 1.74. The average molecular weight is 456 g/mol. The molecule has 0 aliphatic rings. The molecule has 34 heavy (non-hydrogen) atoms. The quantitative estimate of drug-likeness (QED) is 0.159. The lowest BCUT2D eigenvalue weighted by atomic mass is 10.1. The van der Waals surface area contributed by atoms with Crippen LogP contribution in [0.25, 0.3) is 16.7 Å². The van der Waals surface area contributed by atoms with Crippen LogP contribution in [0, 0.1) is 16.6 Å². The minimum atomic E-state index is -0.636. The third-order valence-electron chi connectivity index (χ3n) is 5.09. The van der Waals surface area contributed by atoms with E-state index < -0.39 is 11.7 Å². The van der Waals surface area contributed by atoms with Gasteiger partial charge in [0.25, 0.3) is 5.91 Å². The zero-order valence-electron chi connectivity index (χ0n) is 18.1. The number of aromatic nitrogens is 3. The van der Waals surface area contributed by atoms with Gasteiger partial charge in [0.2, 0.25) is 0 Å². The van der Waals surface area contributed by atoms with Crippen molar-refractivity contribution < 1.29 is 9.18 Å². The van der Waals surface area contributed by atoms with Gasteiger partial charge in [-0.3, -0.25) is 4.79 Å². The van der Waals surface area contributed by atoms with E-state index in [9.17, 15) is 9.18 Å². The molecule has 2 heterocycles. The van der Waals surface area contributed by atoms with E-state index in [2.05, 4.69) is 20.7 Å². The van der Waals surface area contributed by atoms with Gasteiger partial charge < -0.3 is 27.2 Å². The summed E-state index contributed by atoms with van der Waals surface area (Å²) in [6.07, 6.45) is 3.50. The number of amides is 1. The minimum Gasteiger partial charge on any atom is -0.396 e. The number of para-hydroxylation sites is 1. The minimum absolute atomic E-state index is 0.0944. The summed E-state index contributed by atoms with van der Waals surface area (Å²) in [6, 6.07) is 15.3. The summed E-state index contributed by atoms with van der Waals surface area (Å²) in [5.41, 5.74) is 7.17. The van der Waals surface area contributed by atoms with Gasteiger partial charge in [-0.2, -0.15) is 0 Å². The Morgan fingerprint density at radius 1 is 1.15 bits per heavy atom. The maximum atomic E-state index is 14.2. The molecule has 10 heteroatoms. The highest BCUT2D eigenvalue weighted by atomic mass is 19.1. The van der Waals surface area contributed by atoms with Crippen LogP contribution >= 0.6 is 0 Å². The zero-order chi connectivity index (χ0) is 24.2. The molecule has 0 saturated heterocycles. The molecule has 1 amide bonds. The first-order valence-corrected chi connectivity index (χ1v) is 10.2. The molecule has 0 unspecified atom stereocenters. The van der Waals surface area contributed by atoms with Crippen molar-refractivity contribution in [3.8, 4) is 5.82 Å². The Morgan fingerprint density at radius 2 is 1.94 bits per heavy atom. The molecule has 0 atom stereocenters. The van der Waals surface area contributed by atoms with Crippen molar-refractivity contribution in [3.05, 3.63) is 77.6 Å². The van der Waals surface area contributed by atoms with Gasteiger partial charge in [-0.1, -0.05) is 24.3 Å². The number of halogens is 1. The Kier molecular flexibility index (Phi) is 6.13. The van der Waals surface area contributed by atoms with Crippen LogP contribution in [-0.4, -0.2) is 33.1 Å². The third kappa shape index (κ3) is 4.24. The summed E-state index contributed by atoms with van der Waals surface area (Å²) in [4.78, 5) is 16.8. The molecule has 0 aliphatic carbocycles. The van der Waals surface area contributed by atoms with Gasteiger partial charge in [0, 0.05) is 29.1 Å². The molecule has 6 N–H and O–H groups in total. The maximum absolute atomic E-state index is 14.2. The molecule has 2 aromatic carbocycles. The molecule has 2 aromatic heterocycles. The molecular weight excluding hydrogens is 435 g/mol. The predicted octanol–water partition coefficient (Wildman–Crippen LogP) is 4.42. The number of hydrogen-bond acceptors (Lipinski definition) is 7. The van der Waals surface area contributed by atoms with Gasteiger partial charge in [0.15, 0.2) is 11.6 Å². The van der Waals surface area contributed by atoms with Gasteiger partial charge >= 0.3 is 0 Å². The van der Waals surface area contributed by atoms with E-state index in [1.807, 2.05) is 24.3 Å². The first kappa shape index (κ1) is 22.3. The second-order valence-corrected chi connectivity index (χ2v) is 7.23. The number of carbonyl (C=O) groups is 1. The number of nitrogens with two attached hydrogens (primary N) is 1. The lowest BCUT2D eigenvalue weighted by Gasteiger charge is -2.08. The molecule has 0 bridgehead atoms. The highest BCUT2D eigenvalue weighted by Gasteiger charge is 2.15. The molecule has 0 saturated carbocycles. The number of nitrogen functional groups attached to an aromatic ring is 1. The standard InChI is InChI=1S/C24H21FN8O/c1-2-14(12-26)24(34)31-20-8-5-9-21(30-20)33-19-7-4-3-6-17(19)23(32-33)29-16-10-15(13-27)22(28)18(25)11-16/h2-13,26-27H,28H2,1H3,(H,29,32)(H,30,31,34)/b14-2+,26-12?,27-13?. The van der Waals surface area contributed by atoms with E-state index in [4.69, 9.17) is 16.6 Å². The first-order chi connectivity index (χ1) is 16.4. The van der Waals surface area contributed by atoms with Crippen molar-refractivity contribution in [1.82, 2.24) is 14.8 Å². The van der Waals surface area contributed by atoms with Crippen molar-refractivity contribution >= 4 is 52.2 Å². The number of hydrogen-bond donors (Lipinski definition) is 5. The number of fused-ring (bicyclic) bond motifs is 1. The fraction of sp³-hybridized carbons (Fsp3) is 0.0417. The highest BCUT2D eigenvalue weighted by molar-refractivity contribution is 6.16. The summed E-state index contributed by atoms with van der Waals surface area (Å²) < 4.78 is 15.8. The summed E-state index contributed by atoms with van der Waals surface area (Å²) in [5, 5.41) is 25.9. The molecule has 0 radical (unpaired) electrons. The molecule has 170 valence electrons. The van der Waals surface area contributed by atoms with Crippen LogP contribution in [-0.2, 0) is 4.79 Å². The lowest BCUT2D eigenvalue weighted by molar-refractivity contribution is -0.112. The summed E-state index contributed by atoms with van der Waals surface area (Å²) in [6.45, 7) is 1.67. The van der Waals surface area contributed by atoms with Crippen molar-refractivity contribution in [3.63, 3.8) is 0 Å². The van der Waals surface area contributed by atoms with E-state index in [1.165, 1.54) is 12.1 Å². The van der Waals surface area contributed by atoms with Gasteiger partial charge in [0.05, 0.1) is 16.8 Å². The van der Waals surface area contributed by atoms with Crippen LogP contribution in [0.2, 0.25) is 0 Å². The molecule has 9 nitrogen and oxygen atoms in total. The van der Waals surface area contributed by atoms with Crippen molar-refractivity contribution in [2.24, 2.45) is 0 Å². The number of nitrogens with one attached hydrogen (secondary N) is 4. The van der Waals surface area contributed by atoms with Gasteiger partial charge in [0.1, 0.15) is 11.6 Å². The van der Waals surface area contributed by atoms with Gasteiger partial charge in [-0.05, 0) is 43.3 Å². The molecular formula is C24H21FN8O. The van der Waals surface area contributed by atoms with Crippen LogP contribution in [0.3, 0.4) is 0 Å². The summed E-state index contributed by atoms with van der Waals surface area (Å²) >= 11 is 0. The van der Waals surface area contributed by atoms with E-state index in [0.717, 1.165) is 23.3 Å². The summed E-state index contributed by atoms with van der Waals surface area (Å²) in [7, 11) is 0. The number of pyridine rings is 1. The Morgan fingerprint density at radius 3 is 2.68 bits per heavy atom. The average Bonchev–Trinajstić information content (AvgIpc) is 3.20. The van der Waals surface area contributed by atoms with E-state index in [1.54, 1.807) is 35.9 Å². The van der Waals surface area contributed by atoms with Crippen LogP contribution in [0.1, 0.15) is 12.5 Å². The first-order valence-electron chi connectivity index (χ1n) is 10.2. The van der Waals surface area contributed by atoms with E-state index >= 15 is 0 Å². The van der Waals surface area contributed by atoms with Crippen LogP contribution < -0.4 is 16.4 Å². The molecule has 0 aliphatic heterocycles. The third-order valence-corrected chi connectivity index (χ3v) is 5.09. The van der Waals surface area contributed by atoms with Crippen LogP contribution in [0.4, 0.5) is 27.4 Å². The Labute approximate surface area is 194 Å². The number of nitrogens with zero attached hydrogens (tertiary/aromatic N) is 3. The summed E-state index contributed by atoms with van der Waals surface area (Å²) in [5.74, 6) is 0.119. The van der Waals surface area contributed by atoms with Crippen molar-refractivity contribution in [2.75, 3.05) is 16.4 Å². The van der Waals surface area contributed by atoms with Crippen LogP contribution in [0.15, 0.2) is 66.2 Å². The predicted molar refractivity (Wildman–Crippen MR) is 132 cm³/mol. The van der Waals surface area contributed by atoms with Crippen molar-refractivity contribution in [1.29, 1.82) is 10.8 Å². The zero-order valence-corrected chi connectivity index (χ0v) is 18.1. The second kappa shape index (κ2) is 9.33. The van der Waals surface area contributed by atoms with Gasteiger partial charge in [-0.15, -0.1) is 5.10 Å². The number of rotatable bonds is 7. The smallest absolute Gasteiger partial charge is 0.258 e. The number of allylic oxidation sites excluding steroid dienone is 1. The SMILES string of the molecule is C/C=C(\C=N)C(=O)Nc1cccc(-n2nc(Nc3cc(F)c(N)c(C=N)c3)c3ccccc32)n1. The molecule has 4 rings (SSSR count). The number of benzene rings is 2. The Hall–Kier alpha value is -4.86. The number of carbonyl (C=O) groups excluding carboxylic acids is 1.